The first kappa shape index (κ1) is 22.4. The van der Waals surface area contributed by atoms with E-state index in [-0.39, 0.29) is 5.69 Å². The van der Waals surface area contributed by atoms with E-state index >= 15 is 0 Å². The number of alkyl carbamates (subject to hydrolysis) is 1. The van der Waals surface area contributed by atoms with Crippen LogP contribution in [0.3, 0.4) is 0 Å². The third-order valence-electron chi connectivity index (χ3n) is 3.11. The lowest BCUT2D eigenvalue weighted by atomic mass is 10.2. The van der Waals surface area contributed by atoms with Crippen molar-refractivity contribution in [3.05, 3.63) is 39.9 Å². The summed E-state index contributed by atoms with van der Waals surface area (Å²) in [6.07, 6.45) is 3.00. The third kappa shape index (κ3) is 9.04. The molecule has 1 atom stereocenters. The van der Waals surface area contributed by atoms with E-state index in [9.17, 15) is 19.7 Å². The Kier molecular flexibility index (Phi) is 8.73. The van der Waals surface area contributed by atoms with Gasteiger partial charge in [0, 0.05) is 12.1 Å². The molecule has 9 nitrogen and oxygen atoms in total. The zero-order valence-corrected chi connectivity index (χ0v) is 16.5. The summed E-state index contributed by atoms with van der Waals surface area (Å²) in [6, 6.07) is 4.92. The average molecular weight is 396 g/mol. The van der Waals surface area contributed by atoms with Gasteiger partial charge in [-0.05, 0) is 56.9 Å². The standard InChI is InChI=1S/C17H24N4O5S/c1-17(2,3)26-16(23)19-14(9-10-27-4)15(22)20-18-11-12-5-7-13(8-6-12)21(24)25/h5-8,11,14H,9-10H2,1-4H3,(H,19,23)(H,20,22)/b18-11+. The van der Waals surface area contributed by atoms with Crippen LogP contribution in [0.1, 0.15) is 32.8 Å². The Hall–Kier alpha value is -2.62. The summed E-state index contributed by atoms with van der Waals surface area (Å²) in [6.45, 7) is 5.20. The van der Waals surface area contributed by atoms with Gasteiger partial charge in [-0.25, -0.2) is 10.2 Å². The Morgan fingerprint density at radius 2 is 1.96 bits per heavy atom. The van der Waals surface area contributed by atoms with Gasteiger partial charge < -0.3 is 10.1 Å². The van der Waals surface area contributed by atoms with Gasteiger partial charge in [0.2, 0.25) is 0 Å². The fraction of sp³-hybridized carbons (Fsp3) is 0.471. The predicted octanol–water partition coefficient (Wildman–Crippen LogP) is 2.69. The third-order valence-corrected chi connectivity index (χ3v) is 3.75. The summed E-state index contributed by atoms with van der Waals surface area (Å²) in [5.41, 5.74) is 2.25. The van der Waals surface area contributed by atoms with Gasteiger partial charge in [-0.15, -0.1) is 0 Å². The number of nitrogens with zero attached hydrogens (tertiary/aromatic N) is 2. The first-order valence-corrected chi connectivity index (χ1v) is 9.57. The van der Waals surface area contributed by atoms with Crippen molar-refractivity contribution in [2.75, 3.05) is 12.0 Å². The minimum absolute atomic E-state index is 0.0325. The first-order chi connectivity index (χ1) is 12.6. The molecule has 148 valence electrons. The summed E-state index contributed by atoms with van der Waals surface area (Å²) in [5, 5.41) is 17.0. The van der Waals surface area contributed by atoms with Crippen LogP contribution >= 0.6 is 11.8 Å². The minimum Gasteiger partial charge on any atom is -0.444 e. The highest BCUT2D eigenvalue weighted by Crippen LogP contribution is 2.11. The van der Waals surface area contributed by atoms with Gasteiger partial charge in [0.25, 0.3) is 11.6 Å². The molecule has 0 fully saturated rings. The molecule has 0 spiro atoms. The van der Waals surface area contributed by atoms with E-state index in [1.807, 2.05) is 6.26 Å². The fourth-order valence-electron chi connectivity index (χ4n) is 1.88. The van der Waals surface area contributed by atoms with Crippen molar-refractivity contribution in [3.63, 3.8) is 0 Å². The van der Waals surface area contributed by atoms with Gasteiger partial charge in [-0.3, -0.25) is 14.9 Å². The normalized spacial score (nSPS) is 12.4. The van der Waals surface area contributed by atoms with Crippen LogP contribution in [0.5, 0.6) is 0 Å². The number of hydrazone groups is 1. The number of nitro benzene ring substituents is 1. The number of hydrogen-bond donors (Lipinski definition) is 2. The van der Waals surface area contributed by atoms with Gasteiger partial charge in [0.15, 0.2) is 0 Å². The van der Waals surface area contributed by atoms with Crippen molar-refractivity contribution in [1.29, 1.82) is 0 Å². The summed E-state index contributed by atoms with van der Waals surface area (Å²) < 4.78 is 5.17. The Balaban J connectivity index is 2.66. The van der Waals surface area contributed by atoms with Crippen LogP contribution in [0.15, 0.2) is 29.4 Å². The van der Waals surface area contributed by atoms with Gasteiger partial charge >= 0.3 is 6.09 Å². The van der Waals surface area contributed by atoms with Crippen molar-refractivity contribution in [2.45, 2.75) is 38.8 Å². The quantitative estimate of drug-likeness (QED) is 0.396. The number of thioether (sulfide) groups is 1. The highest BCUT2D eigenvalue weighted by Gasteiger charge is 2.23. The maximum atomic E-state index is 12.3. The van der Waals surface area contributed by atoms with Crippen LogP contribution in [0, 0.1) is 10.1 Å². The van der Waals surface area contributed by atoms with E-state index in [0.29, 0.717) is 17.7 Å². The minimum atomic E-state index is -0.790. The Labute approximate surface area is 162 Å². The molecule has 2 amide bonds. The topological polar surface area (TPSA) is 123 Å². The highest BCUT2D eigenvalue weighted by atomic mass is 32.2. The molecule has 1 unspecified atom stereocenters. The molecule has 0 saturated carbocycles. The molecule has 10 heteroatoms. The van der Waals surface area contributed by atoms with E-state index in [1.165, 1.54) is 30.5 Å². The average Bonchev–Trinajstić information content (AvgIpc) is 2.57. The lowest BCUT2D eigenvalue weighted by Gasteiger charge is -2.22. The number of nitrogens with one attached hydrogen (secondary N) is 2. The second-order valence-corrected chi connectivity index (χ2v) is 7.55. The molecule has 0 aliphatic carbocycles. The molecule has 0 bridgehead atoms. The molecule has 0 aliphatic rings. The maximum Gasteiger partial charge on any atom is 0.408 e. The SMILES string of the molecule is CSCCC(NC(=O)OC(C)(C)C)C(=O)N/N=C/c1ccc([N+](=O)[O-])cc1. The number of non-ortho nitro benzene ring substituents is 1. The van der Waals surface area contributed by atoms with Gasteiger partial charge in [-0.2, -0.15) is 16.9 Å². The molecule has 2 N–H and O–H groups in total. The summed E-state index contributed by atoms with van der Waals surface area (Å²) in [4.78, 5) is 34.3. The predicted molar refractivity (Wildman–Crippen MR) is 105 cm³/mol. The van der Waals surface area contributed by atoms with Gasteiger partial charge in [0.05, 0.1) is 11.1 Å². The fourth-order valence-corrected chi connectivity index (χ4v) is 2.36. The van der Waals surface area contributed by atoms with Crippen molar-refractivity contribution >= 4 is 35.7 Å². The second kappa shape index (κ2) is 10.5. The number of carbonyl (C=O) groups is 2. The largest absolute Gasteiger partial charge is 0.444 e. The summed E-state index contributed by atoms with van der Waals surface area (Å²) >= 11 is 1.55. The Bertz CT molecular complexity index is 686. The van der Waals surface area contributed by atoms with Crippen molar-refractivity contribution in [3.8, 4) is 0 Å². The zero-order chi connectivity index (χ0) is 20.4. The molecule has 0 aromatic heterocycles. The number of benzene rings is 1. The molecule has 27 heavy (non-hydrogen) atoms. The maximum absolute atomic E-state index is 12.3. The molecule has 1 aromatic rings. The molecule has 0 heterocycles. The van der Waals surface area contributed by atoms with E-state index in [0.717, 1.165) is 0 Å². The van der Waals surface area contributed by atoms with Crippen LogP contribution in [0.4, 0.5) is 10.5 Å². The van der Waals surface area contributed by atoms with E-state index in [4.69, 9.17) is 4.74 Å². The van der Waals surface area contributed by atoms with E-state index in [1.54, 1.807) is 32.5 Å². The van der Waals surface area contributed by atoms with Gasteiger partial charge in [0.1, 0.15) is 11.6 Å². The summed E-state index contributed by atoms with van der Waals surface area (Å²) in [5.74, 6) is 0.188. The molecule has 1 aromatic carbocycles. The second-order valence-electron chi connectivity index (χ2n) is 6.56. The van der Waals surface area contributed by atoms with E-state index in [2.05, 4.69) is 15.8 Å². The lowest BCUT2D eigenvalue weighted by molar-refractivity contribution is -0.384. The summed E-state index contributed by atoms with van der Waals surface area (Å²) in [7, 11) is 0. The Morgan fingerprint density at radius 3 is 2.48 bits per heavy atom. The molecule has 0 saturated heterocycles. The number of carbonyl (C=O) groups excluding carboxylic acids is 2. The Morgan fingerprint density at radius 1 is 1.33 bits per heavy atom. The van der Waals surface area contributed by atoms with Crippen LogP contribution in [-0.4, -0.2) is 46.8 Å². The first-order valence-electron chi connectivity index (χ1n) is 8.18. The molecule has 0 aliphatic heterocycles. The number of hydrogen-bond acceptors (Lipinski definition) is 7. The number of nitro groups is 1. The molecular formula is C17H24N4O5S. The van der Waals surface area contributed by atoms with Gasteiger partial charge in [-0.1, -0.05) is 0 Å². The smallest absolute Gasteiger partial charge is 0.408 e. The molecule has 0 radical (unpaired) electrons. The molecular weight excluding hydrogens is 372 g/mol. The van der Waals surface area contributed by atoms with Crippen LogP contribution in [-0.2, 0) is 9.53 Å². The lowest BCUT2D eigenvalue weighted by Crippen LogP contribution is -2.47. The van der Waals surface area contributed by atoms with Crippen LogP contribution in [0.25, 0.3) is 0 Å². The monoisotopic (exact) mass is 396 g/mol. The van der Waals surface area contributed by atoms with Crippen molar-refractivity contribution in [2.24, 2.45) is 5.10 Å². The van der Waals surface area contributed by atoms with Crippen LogP contribution in [0.2, 0.25) is 0 Å². The highest BCUT2D eigenvalue weighted by molar-refractivity contribution is 7.98. The number of amides is 2. The molecule has 1 rings (SSSR count). The zero-order valence-electron chi connectivity index (χ0n) is 15.7. The number of ether oxygens (including phenoxy) is 1. The van der Waals surface area contributed by atoms with Crippen molar-refractivity contribution in [1.82, 2.24) is 10.7 Å². The van der Waals surface area contributed by atoms with Crippen LogP contribution < -0.4 is 10.7 Å². The van der Waals surface area contributed by atoms with Crippen molar-refractivity contribution < 1.29 is 19.2 Å². The van der Waals surface area contributed by atoms with E-state index < -0.39 is 28.6 Å². The number of rotatable bonds is 8.